The molecule has 0 fully saturated rings. The molecule has 0 saturated carbocycles. The summed E-state index contributed by atoms with van der Waals surface area (Å²) in [5.74, 6) is 0.872. The first kappa shape index (κ1) is 17.9. The number of benzene rings is 1. The van der Waals surface area contributed by atoms with Crippen LogP contribution in [0, 0.1) is 5.92 Å². The molecule has 0 aliphatic rings. The predicted molar refractivity (Wildman–Crippen MR) is 84.7 cm³/mol. The van der Waals surface area contributed by atoms with Gasteiger partial charge in [-0.3, -0.25) is 0 Å². The highest BCUT2D eigenvalue weighted by molar-refractivity contribution is 7.89. The van der Waals surface area contributed by atoms with Crippen molar-refractivity contribution < 1.29 is 13.2 Å². The first-order chi connectivity index (χ1) is 9.85. The normalized spacial score (nSPS) is 13.4. The van der Waals surface area contributed by atoms with Crippen molar-refractivity contribution >= 4 is 10.0 Å². The van der Waals surface area contributed by atoms with E-state index in [1.165, 1.54) is 0 Å². The lowest BCUT2D eigenvalue weighted by Crippen LogP contribution is -2.38. The van der Waals surface area contributed by atoms with Gasteiger partial charge in [0.2, 0.25) is 10.0 Å². The third-order valence-electron chi connectivity index (χ3n) is 3.41. The molecule has 1 aromatic carbocycles. The second-order valence-corrected chi connectivity index (χ2v) is 7.00. The van der Waals surface area contributed by atoms with Gasteiger partial charge >= 0.3 is 0 Å². The smallest absolute Gasteiger partial charge is 0.240 e. The number of ether oxygens (including phenoxy) is 1. The quantitative estimate of drug-likeness (QED) is 0.771. The van der Waals surface area contributed by atoms with E-state index in [-0.39, 0.29) is 23.4 Å². The van der Waals surface area contributed by atoms with E-state index in [0.29, 0.717) is 17.9 Å². The van der Waals surface area contributed by atoms with Crippen molar-refractivity contribution in [3.63, 3.8) is 0 Å². The lowest BCUT2D eigenvalue weighted by molar-refractivity contribution is 0.336. The fraction of sp³-hybridized carbons (Fsp3) is 0.600. The molecule has 0 bridgehead atoms. The Hall–Kier alpha value is -1.11. The van der Waals surface area contributed by atoms with Crippen molar-refractivity contribution in [1.29, 1.82) is 0 Å². The summed E-state index contributed by atoms with van der Waals surface area (Å²) in [4.78, 5) is 0.227. The van der Waals surface area contributed by atoms with Crippen molar-refractivity contribution in [2.75, 3.05) is 6.61 Å². The Bertz CT molecular complexity index is 556. The van der Waals surface area contributed by atoms with Crippen LogP contribution in [-0.2, 0) is 16.6 Å². The SMILES string of the molecule is CCOc1ccc(S(=O)(=O)NC(CC)C(C)C)cc1CN. The van der Waals surface area contributed by atoms with Crippen LogP contribution in [0.2, 0.25) is 0 Å². The number of sulfonamides is 1. The molecule has 1 rings (SSSR count). The zero-order chi connectivity index (χ0) is 16.0. The van der Waals surface area contributed by atoms with E-state index in [9.17, 15) is 8.42 Å². The lowest BCUT2D eigenvalue weighted by atomic mass is 10.0. The maximum Gasteiger partial charge on any atom is 0.240 e. The zero-order valence-electron chi connectivity index (χ0n) is 13.2. The van der Waals surface area contributed by atoms with Gasteiger partial charge in [0.1, 0.15) is 5.75 Å². The van der Waals surface area contributed by atoms with Crippen LogP contribution < -0.4 is 15.2 Å². The summed E-state index contributed by atoms with van der Waals surface area (Å²) in [6.07, 6.45) is 0.748. The summed E-state index contributed by atoms with van der Waals surface area (Å²) >= 11 is 0. The lowest BCUT2D eigenvalue weighted by Gasteiger charge is -2.21. The summed E-state index contributed by atoms with van der Waals surface area (Å²) in [6.45, 7) is 8.60. The number of nitrogens with two attached hydrogens (primary N) is 1. The van der Waals surface area contributed by atoms with Crippen LogP contribution in [0.5, 0.6) is 5.75 Å². The summed E-state index contributed by atoms with van der Waals surface area (Å²) in [7, 11) is -3.54. The van der Waals surface area contributed by atoms with Crippen LogP contribution in [0.1, 0.15) is 39.7 Å². The van der Waals surface area contributed by atoms with Crippen LogP contribution >= 0.6 is 0 Å². The van der Waals surface area contributed by atoms with Gasteiger partial charge in [-0.15, -0.1) is 0 Å². The molecule has 0 aliphatic heterocycles. The Kier molecular flexibility index (Phi) is 6.64. The monoisotopic (exact) mass is 314 g/mol. The Morgan fingerprint density at radius 2 is 1.95 bits per heavy atom. The molecule has 0 radical (unpaired) electrons. The molecule has 0 aliphatic carbocycles. The number of rotatable bonds is 8. The molecular weight excluding hydrogens is 288 g/mol. The first-order valence-electron chi connectivity index (χ1n) is 7.33. The van der Waals surface area contributed by atoms with Crippen molar-refractivity contribution in [1.82, 2.24) is 4.72 Å². The Labute approximate surface area is 127 Å². The van der Waals surface area contributed by atoms with Crippen molar-refractivity contribution in [2.45, 2.75) is 51.6 Å². The van der Waals surface area contributed by atoms with E-state index in [4.69, 9.17) is 10.5 Å². The molecule has 0 amide bonds. The van der Waals surface area contributed by atoms with Gasteiger partial charge in [-0.25, -0.2) is 13.1 Å². The van der Waals surface area contributed by atoms with E-state index < -0.39 is 10.0 Å². The van der Waals surface area contributed by atoms with Crippen molar-refractivity contribution in [3.05, 3.63) is 23.8 Å². The maximum atomic E-state index is 12.5. The molecule has 0 heterocycles. The molecule has 6 heteroatoms. The minimum Gasteiger partial charge on any atom is -0.494 e. The maximum absolute atomic E-state index is 12.5. The fourth-order valence-corrected chi connectivity index (χ4v) is 3.66. The number of nitrogens with one attached hydrogen (secondary N) is 1. The first-order valence-corrected chi connectivity index (χ1v) is 8.82. The molecule has 0 saturated heterocycles. The summed E-state index contributed by atoms with van der Waals surface area (Å²) in [5, 5.41) is 0. The molecule has 1 unspecified atom stereocenters. The Balaban J connectivity index is 3.08. The molecule has 0 spiro atoms. The van der Waals surface area contributed by atoms with Gasteiger partial charge in [-0.05, 0) is 37.5 Å². The van der Waals surface area contributed by atoms with E-state index in [1.807, 2.05) is 27.7 Å². The number of hydrogen-bond donors (Lipinski definition) is 2. The number of hydrogen-bond acceptors (Lipinski definition) is 4. The molecule has 21 heavy (non-hydrogen) atoms. The van der Waals surface area contributed by atoms with E-state index in [0.717, 1.165) is 6.42 Å². The molecule has 120 valence electrons. The highest BCUT2D eigenvalue weighted by atomic mass is 32.2. The average Bonchev–Trinajstić information content (AvgIpc) is 2.45. The summed E-state index contributed by atoms with van der Waals surface area (Å²) < 4.78 is 33.1. The molecule has 0 aromatic heterocycles. The van der Waals surface area contributed by atoms with Crippen molar-refractivity contribution in [3.8, 4) is 5.75 Å². The van der Waals surface area contributed by atoms with Gasteiger partial charge in [-0.2, -0.15) is 0 Å². The zero-order valence-corrected chi connectivity index (χ0v) is 14.0. The predicted octanol–water partition coefficient (Wildman–Crippen LogP) is 2.26. The largest absolute Gasteiger partial charge is 0.494 e. The third-order valence-corrected chi connectivity index (χ3v) is 4.90. The third kappa shape index (κ3) is 4.69. The van der Waals surface area contributed by atoms with Crippen LogP contribution in [-0.4, -0.2) is 21.1 Å². The Morgan fingerprint density at radius 3 is 2.43 bits per heavy atom. The van der Waals surface area contributed by atoms with Gasteiger partial charge in [0.25, 0.3) is 0 Å². The van der Waals surface area contributed by atoms with Crippen LogP contribution in [0.15, 0.2) is 23.1 Å². The minimum absolute atomic E-state index is 0.0807. The molecule has 1 atom stereocenters. The van der Waals surface area contributed by atoms with Crippen LogP contribution in [0.25, 0.3) is 0 Å². The second kappa shape index (κ2) is 7.77. The summed E-state index contributed by atoms with van der Waals surface area (Å²) in [6, 6.07) is 4.72. The highest BCUT2D eigenvalue weighted by Gasteiger charge is 2.22. The van der Waals surface area contributed by atoms with E-state index >= 15 is 0 Å². The fourth-order valence-electron chi connectivity index (χ4n) is 2.14. The van der Waals surface area contributed by atoms with Gasteiger partial charge in [0, 0.05) is 18.2 Å². The van der Waals surface area contributed by atoms with Crippen LogP contribution in [0.4, 0.5) is 0 Å². The topological polar surface area (TPSA) is 81.4 Å². The van der Waals surface area contributed by atoms with Crippen LogP contribution in [0.3, 0.4) is 0 Å². The van der Waals surface area contributed by atoms with Gasteiger partial charge in [0.05, 0.1) is 11.5 Å². The van der Waals surface area contributed by atoms with Gasteiger partial charge in [-0.1, -0.05) is 20.8 Å². The Morgan fingerprint density at radius 1 is 1.29 bits per heavy atom. The highest BCUT2D eigenvalue weighted by Crippen LogP contribution is 2.23. The molecular formula is C15H26N2O3S. The minimum atomic E-state index is -3.54. The standard InChI is InChI=1S/C15H26N2O3S/c1-5-14(11(3)4)17-21(18,19)13-7-8-15(20-6-2)12(9-13)10-16/h7-9,11,14,17H,5-6,10,16H2,1-4H3. The van der Waals surface area contributed by atoms with E-state index in [1.54, 1.807) is 18.2 Å². The molecule has 3 N–H and O–H groups in total. The van der Waals surface area contributed by atoms with Gasteiger partial charge in [0.15, 0.2) is 0 Å². The average molecular weight is 314 g/mol. The molecule has 5 nitrogen and oxygen atoms in total. The van der Waals surface area contributed by atoms with Crippen molar-refractivity contribution in [2.24, 2.45) is 11.7 Å². The molecule has 1 aromatic rings. The summed E-state index contributed by atoms with van der Waals surface area (Å²) in [5.41, 5.74) is 6.37. The van der Waals surface area contributed by atoms with E-state index in [2.05, 4.69) is 4.72 Å². The second-order valence-electron chi connectivity index (χ2n) is 5.29. The van der Waals surface area contributed by atoms with Gasteiger partial charge < -0.3 is 10.5 Å².